The van der Waals surface area contributed by atoms with Crippen LogP contribution < -0.4 is 0 Å². The molecule has 1 fully saturated rings. The zero-order valence-corrected chi connectivity index (χ0v) is 11.8. The van der Waals surface area contributed by atoms with Crippen molar-refractivity contribution in [3.05, 3.63) is 23.1 Å². The molecule has 0 spiro atoms. The molecule has 0 bridgehead atoms. The van der Waals surface area contributed by atoms with Crippen molar-refractivity contribution in [1.82, 2.24) is 14.5 Å². The van der Waals surface area contributed by atoms with Crippen molar-refractivity contribution >= 4 is 28.7 Å². The fourth-order valence-corrected chi connectivity index (χ4v) is 2.58. The molecule has 1 aliphatic carbocycles. The van der Waals surface area contributed by atoms with Gasteiger partial charge >= 0.3 is 5.97 Å². The number of unbranched alkanes of at least 4 members (excludes halogenated alkanes) is 1. The summed E-state index contributed by atoms with van der Waals surface area (Å²) in [4.78, 5) is 19.6. The first-order chi connectivity index (χ1) is 9.65. The molecule has 0 aromatic carbocycles. The summed E-state index contributed by atoms with van der Waals surface area (Å²) < 4.78 is 2.13. The first-order valence-corrected chi connectivity index (χ1v) is 7.26. The number of aryl methyl sites for hydroxylation is 1. The van der Waals surface area contributed by atoms with Gasteiger partial charge in [0.25, 0.3) is 0 Å². The van der Waals surface area contributed by atoms with Gasteiger partial charge in [-0.3, -0.25) is 4.79 Å². The molecule has 6 heteroatoms. The highest BCUT2D eigenvalue weighted by atomic mass is 35.5. The highest BCUT2D eigenvalue weighted by Gasteiger charge is 2.29. The van der Waals surface area contributed by atoms with Gasteiger partial charge in [-0.15, -0.1) is 0 Å². The Morgan fingerprint density at radius 2 is 2.25 bits per heavy atom. The van der Waals surface area contributed by atoms with Gasteiger partial charge in [0.05, 0.1) is 5.02 Å². The van der Waals surface area contributed by atoms with Gasteiger partial charge in [-0.2, -0.15) is 0 Å². The third-order valence-corrected chi connectivity index (χ3v) is 3.75. The van der Waals surface area contributed by atoms with Crippen molar-refractivity contribution in [2.24, 2.45) is 0 Å². The van der Waals surface area contributed by atoms with Crippen LogP contribution in [0.2, 0.25) is 5.02 Å². The number of imidazole rings is 1. The minimum absolute atomic E-state index is 0.213. The Labute approximate surface area is 121 Å². The molecule has 0 amide bonds. The molecule has 2 heterocycles. The van der Waals surface area contributed by atoms with Crippen LogP contribution in [0.4, 0.5) is 0 Å². The van der Waals surface area contributed by atoms with E-state index in [4.69, 9.17) is 16.7 Å². The van der Waals surface area contributed by atoms with Crippen LogP contribution in [-0.2, 0) is 11.3 Å². The van der Waals surface area contributed by atoms with Crippen LogP contribution in [0.15, 0.2) is 12.3 Å². The number of hydrogen-bond acceptors (Lipinski definition) is 3. The van der Waals surface area contributed by atoms with E-state index in [0.29, 0.717) is 17.4 Å². The lowest BCUT2D eigenvalue weighted by Gasteiger charge is -2.07. The quantitative estimate of drug-likeness (QED) is 0.830. The molecule has 2 aromatic rings. The van der Waals surface area contributed by atoms with Gasteiger partial charge in [-0.05, 0) is 31.7 Å². The number of hydrogen-bond donors (Lipinski definition) is 1. The van der Waals surface area contributed by atoms with E-state index in [9.17, 15) is 4.79 Å². The molecular weight excluding hydrogens is 278 g/mol. The molecule has 106 valence electrons. The average Bonchev–Trinajstić information content (AvgIpc) is 3.17. The Morgan fingerprint density at radius 1 is 1.45 bits per heavy atom. The van der Waals surface area contributed by atoms with Gasteiger partial charge in [0.1, 0.15) is 11.3 Å². The summed E-state index contributed by atoms with van der Waals surface area (Å²) in [5.74, 6) is 0.861. The summed E-state index contributed by atoms with van der Waals surface area (Å²) in [6.45, 7) is 0.768. The summed E-state index contributed by atoms with van der Waals surface area (Å²) in [5, 5.41) is 9.27. The lowest BCUT2D eigenvalue weighted by molar-refractivity contribution is -0.137. The fraction of sp³-hybridized carbons (Fsp3) is 0.500. The van der Waals surface area contributed by atoms with E-state index in [1.165, 1.54) is 12.8 Å². The Balaban J connectivity index is 1.83. The molecule has 0 atom stereocenters. The first-order valence-electron chi connectivity index (χ1n) is 6.88. The number of nitrogens with zero attached hydrogens (tertiary/aromatic N) is 3. The Hall–Kier alpha value is -1.62. The molecule has 5 nitrogen and oxygen atoms in total. The fourth-order valence-electron chi connectivity index (χ4n) is 2.42. The highest BCUT2D eigenvalue weighted by Crippen LogP contribution is 2.40. The molecule has 1 saturated carbocycles. The Bertz CT molecular complexity index is 649. The smallest absolute Gasteiger partial charge is 0.303 e. The maximum atomic E-state index is 10.5. The van der Waals surface area contributed by atoms with Crippen LogP contribution in [0.1, 0.15) is 43.8 Å². The van der Waals surface area contributed by atoms with E-state index in [1.54, 1.807) is 6.20 Å². The second kappa shape index (κ2) is 5.40. The number of aromatic nitrogens is 3. The maximum absolute atomic E-state index is 10.5. The topological polar surface area (TPSA) is 68.0 Å². The molecular formula is C14H16ClN3O2. The number of rotatable bonds is 6. The number of aliphatic carboxylic acids is 1. The summed E-state index contributed by atoms with van der Waals surface area (Å²) >= 11 is 5.96. The van der Waals surface area contributed by atoms with Crippen molar-refractivity contribution in [2.75, 3.05) is 0 Å². The zero-order valence-electron chi connectivity index (χ0n) is 11.0. The Morgan fingerprint density at radius 3 is 2.95 bits per heavy atom. The highest BCUT2D eigenvalue weighted by molar-refractivity contribution is 6.31. The van der Waals surface area contributed by atoms with Gasteiger partial charge in [-0.1, -0.05) is 11.6 Å². The van der Waals surface area contributed by atoms with Crippen LogP contribution >= 0.6 is 11.6 Å². The van der Waals surface area contributed by atoms with Gasteiger partial charge in [-0.25, -0.2) is 9.97 Å². The van der Waals surface area contributed by atoms with E-state index >= 15 is 0 Å². The SMILES string of the molecule is O=C(O)CCCCn1c(C2CC2)nc2cc(Cl)cnc21. The summed E-state index contributed by atoms with van der Waals surface area (Å²) in [6, 6.07) is 1.84. The van der Waals surface area contributed by atoms with Crippen molar-refractivity contribution in [2.45, 2.75) is 44.6 Å². The standard InChI is InChI=1S/C14H16ClN3O2/c15-10-7-11-14(16-8-10)18(6-2-1-3-12(19)20)13(17-11)9-4-5-9/h7-9H,1-6H2,(H,19,20). The van der Waals surface area contributed by atoms with E-state index < -0.39 is 5.97 Å². The minimum atomic E-state index is -0.743. The van der Waals surface area contributed by atoms with Gasteiger partial charge in [0.2, 0.25) is 0 Å². The molecule has 3 rings (SSSR count). The molecule has 1 N–H and O–H groups in total. The number of carboxylic acids is 1. The third-order valence-electron chi connectivity index (χ3n) is 3.55. The first kappa shape index (κ1) is 13.4. The number of halogens is 1. The molecule has 1 aliphatic rings. The van der Waals surface area contributed by atoms with E-state index in [1.807, 2.05) is 6.07 Å². The third kappa shape index (κ3) is 2.77. The summed E-state index contributed by atoms with van der Waals surface area (Å²) in [7, 11) is 0. The monoisotopic (exact) mass is 293 g/mol. The average molecular weight is 294 g/mol. The Kier molecular flexibility index (Phi) is 3.61. The predicted molar refractivity (Wildman–Crippen MR) is 76.0 cm³/mol. The number of pyridine rings is 1. The number of carboxylic acid groups (broad SMARTS) is 1. The van der Waals surface area contributed by atoms with E-state index in [2.05, 4.69) is 14.5 Å². The largest absolute Gasteiger partial charge is 0.481 e. The minimum Gasteiger partial charge on any atom is -0.481 e. The lowest BCUT2D eigenvalue weighted by atomic mass is 10.2. The van der Waals surface area contributed by atoms with Crippen LogP contribution in [0, 0.1) is 0 Å². The van der Waals surface area contributed by atoms with Gasteiger partial charge < -0.3 is 9.67 Å². The van der Waals surface area contributed by atoms with E-state index in [0.717, 1.165) is 30.0 Å². The van der Waals surface area contributed by atoms with E-state index in [-0.39, 0.29) is 6.42 Å². The number of carbonyl (C=O) groups is 1. The predicted octanol–water partition coefficient (Wildman–Crippen LogP) is 3.22. The van der Waals surface area contributed by atoms with Gasteiger partial charge in [0.15, 0.2) is 5.65 Å². The molecule has 20 heavy (non-hydrogen) atoms. The molecule has 0 aliphatic heterocycles. The second-order valence-corrected chi connectivity index (χ2v) is 5.68. The normalized spacial score (nSPS) is 14.8. The maximum Gasteiger partial charge on any atom is 0.303 e. The van der Waals surface area contributed by atoms with Crippen LogP contribution in [0.25, 0.3) is 11.2 Å². The molecule has 0 unspecified atom stereocenters. The second-order valence-electron chi connectivity index (χ2n) is 5.24. The van der Waals surface area contributed by atoms with Crippen molar-refractivity contribution in [3.8, 4) is 0 Å². The summed E-state index contributed by atoms with van der Waals surface area (Å²) in [6.07, 6.45) is 5.69. The molecule has 2 aromatic heterocycles. The van der Waals surface area contributed by atoms with Crippen molar-refractivity contribution in [1.29, 1.82) is 0 Å². The van der Waals surface area contributed by atoms with Crippen molar-refractivity contribution in [3.63, 3.8) is 0 Å². The zero-order chi connectivity index (χ0) is 14.1. The van der Waals surface area contributed by atoms with Crippen LogP contribution in [-0.4, -0.2) is 25.6 Å². The molecule has 0 saturated heterocycles. The van der Waals surface area contributed by atoms with Crippen molar-refractivity contribution < 1.29 is 9.90 Å². The van der Waals surface area contributed by atoms with Crippen LogP contribution in [0.5, 0.6) is 0 Å². The number of fused-ring (bicyclic) bond motifs is 1. The van der Waals surface area contributed by atoms with Crippen LogP contribution in [0.3, 0.4) is 0 Å². The lowest BCUT2D eigenvalue weighted by Crippen LogP contribution is -2.05. The molecule has 0 radical (unpaired) electrons. The van der Waals surface area contributed by atoms with Gasteiger partial charge in [0, 0.05) is 25.1 Å². The summed E-state index contributed by atoms with van der Waals surface area (Å²) in [5.41, 5.74) is 1.68.